The van der Waals surface area contributed by atoms with Crippen molar-refractivity contribution in [2.75, 3.05) is 24.3 Å². The number of nitrogens with zero attached hydrogens (tertiary/aromatic N) is 1. The zero-order chi connectivity index (χ0) is 17.1. The zero-order valence-corrected chi connectivity index (χ0v) is 13.9. The quantitative estimate of drug-likeness (QED) is 0.909. The Morgan fingerprint density at radius 2 is 1.88 bits per heavy atom. The highest BCUT2D eigenvalue weighted by atomic mass is 16.2. The first kappa shape index (κ1) is 16.1. The van der Waals surface area contributed by atoms with Gasteiger partial charge in [0, 0.05) is 38.4 Å². The van der Waals surface area contributed by atoms with Gasteiger partial charge in [-0.15, -0.1) is 0 Å². The third-order valence-corrected chi connectivity index (χ3v) is 4.24. The maximum Gasteiger partial charge on any atom is 0.228 e. The molecule has 1 aliphatic heterocycles. The number of anilines is 2. The molecule has 2 aromatic carbocycles. The highest BCUT2D eigenvalue weighted by Crippen LogP contribution is 2.32. The van der Waals surface area contributed by atoms with Gasteiger partial charge < -0.3 is 15.5 Å². The summed E-state index contributed by atoms with van der Waals surface area (Å²) in [6.07, 6.45) is 0.183. The first-order valence-electron chi connectivity index (χ1n) is 7.97. The molecule has 0 radical (unpaired) electrons. The lowest BCUT2D eigenvalue weighted by atomic mass is 9.90. The Hall–Kier alpha value is -2.82. The van der Waals surface area contributed by atoms with Crippen LogP contribution in [0.3, 0.4) is 0 Å². The smallest absolute Gasteiger partial charge is 0.228 e. The second-order valence-electron chi connectivity index (χ2n) is 6.17. The average molecular weight is 323 g/mol. The van der Waals surface area contributed by atoms with E-state index in [2.05, 4.69) is 10.6 Å². The summed E-state index contributed by atoms with van der Waals surface area (Å²) in [5.74, 6) is -0.672. The number of nitrogens with one attached hydrogen (secondary N) is 2. The number of hydrogen-bond donors (Lipinski definition) is 2. The summed E-state index contributed by atoms with van der Waals surface area (Å²) in [5, 5.41) is 5.76. The second kappa shape index (κ2) is 6.74. The van der Waals surface area contributed by atoms with Gasteiger partial charge in [0.2, 0.25) is 11.8 Å². The summed E-state index contributed by atoms with van der Waals surface area (Å²) in [6.45, 7) is 0.451. The molecule has 1 atom stereocenters. The van der Waals surface area contributed by atoms with E-state index in [9.17, 15) is 9.59 Å². The molecule has 24 heavy (non-hydrogen) atoms. The molecule has 0 fully saturated rings. The van der Waals surface area contributed by atoms with Gasteiger partial charge >= 0.3 is 0 Å². The number of amides is 2. The number of carbonyl (C=O) groups is 2. The number of rotatable bonds is 4. The van der Waals surface area contributed by atoms with Crippen LogP contribution in [0.2, 0.25) is 0 Å². The topological polar surface area (TPSA) is 61.4 Å². The lowest BCUT2D eigenvalue weighted by molar-refractivity contribution is -0.126. The van der Waals surface area contributed by atoms with Crippen LogP contribution in [-0.4, -0.2) is 25.9 Å². The molecule has 1 unspecified atom stereocenters. The van der Waals surface area contributed by atoms with Crippen LogP contribution in [-0.2, 0) is 16.1 Å². The third kappa shape index (κ3) is 3.40. The van der Waals surface area contributed by atoms with Gasteiger partial charge in [0.25, 0.3) is 0 Å². The molecule has 124 valence electrons. The van der Waals surface area contributed by atoms with Crippen LogP contribution in [0.25, 0.3) is 0 Å². The monoisotopic (exact) mass is 323 g/mol. The molecule has 0 bridgehead atoms. The van der Waals surface area contributed by atoms with Crippen molar-refractivity contribution in [2.45, 2.75) is 18.9 Å². The predicted octanol–water partition coefficient (Wildman–Crippen LogP) is 2.49. The average Bonchev–Trinajstić information content (AvgIpc) is 2.59. The van der Waals surface area contributed by atoms with E-state index in [4.69, 9.17) is 0 Å². The number of para-hydroxylation sites is 1. The Balaban J connectivity index is 1.68. The van der Waals surface area contributed by atoms with Gasteiger partial charge in [-0.25, -0.2) is 0 Å². The van der Waals surface area contributed by atoms with Crippen LogP contribution in [0.1, 0.15) is 23.5 Å². The van der Waals surface area contributed by atoms with E-state index < -0.39 is 5.92 Å². The SMILES string of the molecule is CN(C)c1ccc(CNC(=O)C2CC(=O)Nc3ccccc32)cc1. The van der Waals surface area contributed by atoms with Crippen molar-refractivity contribution in [1.82, 2.24) is 5.32 Å². The van der Waals surface area contributed by atoms with Gasteiger partial charge in [-0.05, 0) is 29.3 Å². The molecule has 0 aliphatic carbocycles. The number of hydrogen-bond acceptors (Lipinski definition) is 3. The molecule has 5 nitrogen and oxygen atoms in total. The van der Waals surface area contributed by atoms with E-state index in [1.165, 1.54) is 0 Å². The largest absolute Gasteiger partial charge is 0.378 e. The fourth-order valence-electron chi connectivity index (χ4n) is 2.87. The molecule has 2 N–H and O–H groups in total. The molecule has 0 saturated carbocycles. The van der Waals surface area contributed by atoms with Crippen LogP contribution < -0.4 is 15.5 Å². The molecule has 3 rings (SSSR count). The lowest BCUT2D eigenvalue weighted by Crippen LogP contribution is -2.34. The Morgan fingerprint density at radius 3 is 2.58 bits per heavy atom. The van der Waals surface area contributed by atoms with Crippen molar-refractivity contribution in [3.8, 4) is 0 Å². The highest BCUT2D eigenvalue weighted by molar-refractivity contribution is 6.01. The van der Waals surface area contributed by atoms with Crippen molar-refractivity contribution >= 4 is 23.2 Å². The minimum Gasteiger partial charge on any atom is -0.378 e. The van der Waals surface area contributed by atoms with E-state index in [0.717, 1.165) is 22.5 Å². The molecule has 2 amide bonds. The molecule has 1 heterocycles. The van der Waals surface area contributed by atoms with Crippen molar-refractivity contribution in [3.05, 3.63) is 59.7 Å². The first-order chi connectivity index (χ1) is 11.5. The minimum atomic E-state index is -0.434. The summed E-state index contributed by atoms with van der Waals surface area (Å²) in [4.78, 5) is 26.4. The van der Waals surface area contributed by atoms with E-state index in [1.807, 2.05) is 67.5 Å². The molecule has 0 spiro atoms. The van der Waals surface area contributed by atoms with E-state index in [-0.39, 0.29) is 18.2 Å². The van der Waals surface area contributed by atoms with Crippen molar-refractivity contribution < 1.29 is 9.59 Å². The van der Waals surface area contributed by atoms with E-state index >= 15 is 0 Å². The molecule has 5 heteroatoms. The van der Waals surface area contributed by atoms with Gasteiger partial charge in [-0.3, -0.25) is 9.59 Å². The molecular weight excluding hydrogens is 302 g/mol. The van der Waals surface area contributed by atoms with E-state index in [1.54, 1.807) is 0 Å². The summed E-state index contributed by atoms with van der Waals surface area (Å²) in [7, 11) is 3.98. The summed E-state index contributed by atoms with van der Waals surface area (Å²) < 4.78 is 0. The van der Waals surface area contributed by atoms with Crippen LogP contribution in [0.5, 0.6) is 0 Å². The summed E-state index contributed by atoms with van der Waals surface area (Å²) >= 11 is 0. The zero-order valence-electron chi connectivity index (χ0n) is 13.9. The summed E-state index contributed by atoms with van der Waals surface area (Å²) in [6, 6.07) is 15.5. The van der Waals surface area contributed by atoms with Gasteiger partial charge in [-0.1, -0.05) is 30.3 Å². The number of carbonyl (C=O) groups excluding carboxylic acids is 2. The molecule has 2 aromatic rings. The van der Waals surface area contributed by atoms with Crippen molar-refractivity contribution in [3.63, 3.8) is 0 Å². The highest BCUT2D eigenvalue weighted by Gasteiger charge is 2.30. The van der Waals surface area contributed by atoms with E-state index in [0.29, 0.717) is 6.54 Å². The lowest BCUT2D eigenvalue weighted by Gasteiger charge is -2.24. The molecule has 0 aromatic heterocycles. The second-order valence-corrected chi connectivity index (χ2v) is 6.17. The third-order valence-electron chi connectivity index (χ3n) is 4.24. The number of benzene rings is 2. The first-order valence-corrected chi connectivity index (χ1v) is 7.97. The molecule has 0 saturated heterocycles. The maximum atomic E-state index is 12.6. The Labute approximate surface area is 141 Å². The molecular formula is C19H21N3O2. The van der Waals surface area contributed by atoms with Gasteiger partial charge in [0.1, 0.15) is 0 Å². The van der Waals surface area contributed by atoms with Gasteiger partial charge in [0.15, 0.2) is 0 Å². The van der Waals surface area contributed by atoms with Gasteiger partial charge in [0.05, 0.1) is 5.92 Å². The Morgan fingerprint density at radius 1 is 1.17 bits per heavy atom. The van der Waals surface area contributed by atoms with Crippen molar-refractivity contribution in [2.24, 2.45) is 0 Å². The van der Waals surface area contributed by atoms with Crippen molar-refractivity contribution in [1.29, 1.82) is 0 Å². The van der Waals surface area contributed by atoms with Crippen LogP contribution in [0, 0.1) is 0 Å². The Kier molecular flexibility index (Phi) is 4.51. The Bertz CT molecular complexity index is 753. The number of fused-ring (bicyclic) bond motifs is 1. The maximum absolute atomic E-state index is 12.6. The molecule has 1 aliphatic rings. The fourth-order valence-corrected chi connectivity index (χ4v) is 2.87. The van der Waals surface area contributed by atoms with Gasteiger partial charge in [-0.2, -0.15) is 0 Å². The van der Waals surface area contributed by atoms with Crippen LogP contribution in [0.4, 0.5) is 11.4 Å². The minimum absolute atomic E-state index is 0.117. The summed E-state index contributed by atoms with van der Waals surface area (Å²) in [5.41, 5.74) is 3.74. The fraction of sp³-hybridized carbons (Fsp3) is 0.263. The predicted molar refractivity (Wildman–Crippen MR) is 95.0 cm³/mol. The van der Waals surface area contributed by atoms with Crippen LogP contribution in [0.15, 0.2) is 48.5 Å². The standard InChI is InChI=1S/C19H21N3O2/c1-22(2)14-9-7-13(8-10-14)12-20-19(24)16-11-18(23)21-17-6-4-3-5-15(16)17/h3-10,16H,11-12H2,1-2H3,(H,20,24)(H,21,23). The normalized spacial score (nSPS) is 16.1. The van der Waals surface area contributed by atoms with Crippen LogP contribution >= 0.6 is 0 Å².